The molecule has 0 saturated carbocycles. The van der Waals surface area contributed by atoms with E-state index in [1.165, 1.54) is 0 Å². The van der Waals surface area contributed by atoms with Crippen molar-refractivity contribution in [2.75, 3.05) is 20.2 Å². The number of epoxide rings is 1. The topological polar surface area (TPSA) is 42.1 Å². The van der Waals surface area contributed by atoms with Gasteiger partial charge in [-0.15, -0.1) is 0 Å². The van der Waals surface area contributed by atoms with Gasteiger partial charge in [0.25, 0.3) is 5.91 Å². The monoisotopic (exact) mass is 325 g/mol. The number of nitrogens with zero attached hydrogens (tertiary/aromatic N) is 1. The Morgan fingerprint density at radius 2 is 1.46 bits per heavy atom. The lowest BCUT2D eigenvalue weighted by molar-refractivity contribution is 0.0773. The summed E-state index contributed by atoms with van der Waals surface area (Å²) >= 11 is 0. The molecular formula is C20H23NO3. The molecule has 4 nitrogen and oxygen atoms in total. The van der Waals surface area contributed by atoms with Crippen LogP contribution >= 0.6 is 0 Å². The lowest BCUT2D eigenvalue weighted by Gasteiger charge is -2.18. The number of benzene rings is 2. The Balaban J connectivity index is 1.67. The average Bonchev–Trinajstić information content (AvgIpc) is 3.43. The molecule has 0 spiro atoms. The van der Waals surface area contributed by atoms with E-state index in [9.17, 15) is 4.79 Å². The van der Waals surface area contributed by atoms with Crippen LogP contribution in [-0.4, -0.2) is 31.0 Å². The van der Waals surface area contributed by atoms with Gasteiger partial charge in [0.05, 0.1) is 7.11 Å². The molecule has 1 saturated heterocycles. The maximum Gasteiger partial charge on any atom is 0.253 e. The van der Waals surface area contributed by atoms with Crippen molar-refractivity contribution in [3.8, 4) is 5.75 Å². The van der Waals surface area contributed by atoms with Crippen LogP contribution in [0.4, 0.5) is 0 Å². The van der Waals surface area contributed by atoms with Crippen molar-refractivity contribution in [2.45, 2.75) is 26.1 Å². The smallest absolute Gasteiger partial charge is 0.253 e. The molecule has 1 heterocycles. The van der Waals surface area contributed by atoms with Crippen LogP contribution in [0.2, 0.25) is 0 Å². The Morgan fingerprint density at radius 1 is 0.958 bits per heavy atom. The second-order valence-corrected chi connectivity index (χ2v) is 5.85. The normalized spacial score (nSPS) is 19.0. The highest BCUT2D eigenvalue weighted by Gasteiger charge is 2.41. The summed E-state index contributed by atoms with van der Waals surface area (Å²) in [6.07, 6.45) is 0.149. The van der Waals surface area contributed by atoms with Gasteiger partial charge in [0.2, 0.25) is 0 Å². The van der Waals surface area contributed by atoms with Crippen molar-refractivity contribution < 1.29 is 14.3 Å². The second kappa shape index (κ2) is 7.05. The number of methoxy groups -OCH3 is 1. The molecule has 0 N–H and O–H groups in total. The van der Waals surface area contributed by atoms with Gasteiger partial charge >= 0.3 is 0 Å². The number of amides is 1. The number of hydrogen-bond donors (Lipinski definition) is 0. The van der Waals surface area contributed by atoms with Crippen LogP contribution in [0, 0.1) is 0 Å². The largest absolute Gasteiger partial charge is 0.497 e. The Kier molecular flexibility index (Phi) is 4.86. The third kappa shape index (κ3) is 3.29. The number of rotatable bonds is 6. The van der Waals surface area contributed by atoms with Crippen LogP contribution in [0.15, 0.2) is 48.5 Å². The van der Waals surface area contributed by atoms with E-state index in [-0.39, 0.29) is 18.1 Å². The first-order chi connectivity index (χ1) is 11.7. The zero-order valence-electron chi connectivity index (χ0n) is 14.4. The van der Waals surface area contributed by atoms with E-state index >= 15 is 0 Å². The fourth-order valence-electron chi connectivity index (χ4n) is 2.92. The molecule has 2 atom stereocenters. The third-order valence-electron chi connectivity index (χ3n) is 4.47. The van der Waals surface area contributed by atoms with Gasteiger partial charge < -0.3 is 14.4 Å². The van der Waals surface area contributed by atoms with Gasteiger partial charge in [-0.25, -0.2) is 0 Å². The maximum absolute atomic E-state index is 12.3. The summed E-state index contributed by atoms with van der Waals surface area (Å²) in [5, 5.41) is 0. The van der Waals surface area contributed by atoms with E-state index < -0.39 is 0 Å². The molecule has 0 aromatic heterocycles. The van der Waals surface area contributed by atoms with Gasteiger partial charge in [-0.3, -0.25) is 4.79 Å². The molecule has 1 amide bonds. The summed E-state index contributed by atoms with van der Waals surface area (Å²) in [7, 11) is 1.66. The number of carbonyl (C=O) groups is 1. The zero-order chi connectivity index (χ0) is 17.1. The molecule has 126 valence electrons. The van der Waals surface area contributed by atoms with E-state index in [4.69, 9.17) is 9.47 Å². The molecule has 1 aliphatic heterocycles. The molecule has 1 aliphatic rings. The summed E-state index contributed by atoms with van der Waals surface area (Å²) in [5.41, 5.74) is 2.97. The molecule has 2 aromatic carbocycles. The molecule has 2 aromatic rings. The highest BCUT2D eigenvalue weighted by Crippen LogP contribution is 2.51. The number of hydrogen-bond acceptors (Lipinski definition) is 3. The van der Waals surface area contributed by atoms with Gasteiger partial charge in [0, 0.05) is 18.7 Å². The van der Waals surface area contributed by atoms with Crippen LogP contribution < -0.4 is 4.74 Å². The lowest BCUT2D eigenvalue weighted by atomic mass is 10.0. The minimum absolute atomic E-state index is 0.0657. The summed E-state index contributed by atoms with van der Waals surface area (Å²) in [6, 6.07) is 15.7. The van der Waals surface area contributed by atoms with Crippen molar-refractivity contribution in [1.29, 1.82) is 0 Å². The first-order valence-corrected chi connectivity index (χ1v) is 8.36. The predicted octanol–water partition coefficient (Wildman–Crippen LogP) is 3.99. The second-order valence-electron chi connectivity index (χ2n) is 5.85. The average molecular weight is 325 g/mol. The Labute approximate surface area is 143 Å². The Hall–Kier alpha value is -2.33. The zero-order valence-corrected chi connectivity index (χ0v) is 14.4. The van der Waals surface area contributed by atoms with E-state index in [1.807, 2.05) is 67.3 Å². The fraction of sp³-hybridized carbons (Fsp3) is 0.350. The van der Waals surface area contributed by atoms with Crippen LogP contribution in [0.5, 0.6) is 5.75 Å². The minimum atomic E-state index is 0.0657. The molecule has 0 unspecified atom stereocenters. The minimum Gasteiger partial charge on any atom is -0.497 e. The molecular weight excluding hydrogens is 302 g/mol. The van der Waals surface area contributed by atoms with Crippen LogP contribution in [-0.2, 0) is 4.74 Å². The highest BCUT2D eigenvalue weighted by atomic mass is 16.6. The van der Waals surface area contributed by atoms with E-state index in [2.05, 4.69) is 0 Å². The molecule has 0 aliphatic carbocycles. The molecule has 0 radical (unpaired) electrons. The number of ether oxygens (including phenoxy) is 2. The standard InChI is InChI=1S/C20H23NO3/c1-4-21(5-2)20(22)16-8-6-14(7-9-16)18-19(24-18)15-10-12-17(23-3)13-11-15/h6-13,18-19H,4-5H2,1-3H3/t18-,19-/m0/s1. The summed E-state index contributed by atoms with van der Waals surface area (Å²) in [4.78, 5) is 14.2. The van der Waals surface area contributed by atoms with Crippen molar-refractivity contribution >= 4 is 5.91 Å². The number of carbonyl (C=O) groups excluding carboxylic acids is 1. The van der Waals surface area contributed by atoms with Gasteiger partial charge in [-0.2, -0.15) is 0 Å². The molecule has 24 heavy (non-hydrogen) atoms. The van der Waals surface area contributed by atoms with E-state index in [0.717, 1.165) is 35.5 Å². The molecule has 4 heteroatoms. The van der Waals surface area contributed by atoms with Crippen LogP contribution in [0.3, 0.4) is 0 Å². The van der Waals surface area contributed by atoms with E-state index in [0.29, 0.717) is 0 Å². The van der Waals surface area contributed by atoms with Crippen molar-refractivity contribution in [3.63, 3.8) is 0 Å². The van der Waals surface area contributed by atoms with Gasteiger partial charge in [-0.1, -0.05) is 24.3 Å². The first-order valence-electron chi connectivity index (χ1n) is 8.36. The lowest BCUT2D eigenvalue weighted by Crippen LogP contribution is -2.30. The first kappa shape index (κ1) is 16.5. The van der Waals surface area contributed by atoms with E-state index in [1.54, 1.807) is 7.11 Å². The summed E-state index contributed by atoms with van der Waals surface area (Å²) < 4.78 is 11.0. The van der Waals surface area contributed by atoms with Crippen molar-refractivity contribution in [2.24, 2.45) is 0 Å². The van der Waals surface area contributed by atoms with Gasteiger partial charge in [-0.05, 0) is 49.2 Å². The van der Waals surface area contributed by atoms with Crippen molar-refractivity contribution in [1.82, 2.24) is 4.90 Å². The predicted molar refractivity (Wildman–Crippen MR) is 93.3 cm³/mol. The van der Waals surface area contributed by atoms with Crippen LogP contribution in [0.25, 0.3) is 0 Å². The molecule has 0 bridgehead atoms. The molecule has 3 rings (SSSR count). The highest BCUT2D eigenvalue weighted by molar-refractivity contribution is 5.94. The third-order valence-corrected chi connectivity index (χ3v) is 4.47. The van der Waals surface area contributed by atoms with Gasteiger partial charge in [0.1, 0.15) is 18.0 Å². The maximum atomic E-state index is 12.3. The SMILES string of the molecule is CCN(CC)C(=O)c1ccc([C@@H]2O[C@H]2c2ccc(OC)cc2)cc1. The van der Waals surface area contributed by atoms with Crippen molar-refractivity contribution in [3.05, 3.63) is 65.2 Å². The summed E-state index contributed by atoms with van der Waals surface area (Å²) in [6.45, 7) is 5.44. The quantitative estimate of drug-likeness (QED) is 0.754. The summed E-state index contributed by atoms with van der Waals surface area (Å²) in [5.74, 6) is 0.921. The Bertz CT molecular complexity index is 690. The van der Waals surface area contributed by atoms with Crippen LogP contribution in [0.1, 0.15) is 47.5 Å². The fourth-order valence-corrected chi connectivity index (χ4v) is 2.92. The van der Waals surface area contributed by atoms with Gasteiger partial charge in [0.15, 0.2) is 0 Å². The molecule has 1 fully saturated rings. The Morgan fingerprint density at radius 3 is 1.92 bits per heavy atom.